The Labute approximate surface area is 134 Å². The van der Waals surface area contributed by atoms with Gasteiger partial charge in [0, 0.05) is 24.8 Å². The molecule has 0 aromatic heterocycles. The van der Waals surface area contributed by atoms with Gasteiger partial charge in [0.1, 0.15) is 0 Å². The summed E-state index contributed by atoms with van der Waals surface area (Å²) in [5.74, 6) is 5.58. The molecule has 0 rings (SSSR count). The SMILES string of the molecule is CCCCCCC=C(C#CCCCCCCC[C]=O)[N+](=O)[O-]. The molecule has 0 unspecified atom stereocenters. The zero-order chi connectivity index (χ0) is 16.5. The molecule has 123 valence electrons. The van der Waals surface area contributed by atoms with E-state index in [1.54, 1.807) is 6.08 Å². The molecule has 0 aliphatic heterocycles. The van der Waals surface area contributed by atoms with E-state index >= 15 is 0 Å². The van der Waals surface area contributed by atoms with E-state index in [0.717, 1.165) is 51.4 Å². The molecule has 1 radical (unpaired) electrons. The molecule has 0 aliphatic rings. The quantitative estimate of drug-likeness (QED) is 0.209. The Morgan fingerprint density at radius 3 is 2.27 bits per heavy atom. The third kappa shape index (κ3) is 13.4. The fraction of sp³-hybridized carbons (Fsp3) is 0.722. The maximum absolute atomic E-state index is 10.9. The van der Waals surface area contributed by atoms with Crippen LogP contribution in [0.25, 0.3) is 0 Å². The maximum Gasteiger partial charge on any atom is 0.315 e. The van der Waals surface area contributed by atoms with Crippen molar-refractivity contribution in [3.05, 3.63) is 21.9 Å². The van der Waals surface area contributed by atoms with Crippen molar-refractivity contribution < 1.29 is 9.72 Å². The lowest BCUT2D eigenvalue weighted by atomic mass is 10.1. The summed E-state index contributed by atoms with van der Waals surface area (Å²) in [6.07, 6.45) is 15.0. The van der Waals surface area contributed by atoms with Crippen LogP contribution in [0.2, 0.25) is 0 Å². The number of nitrogens with zero attached hydrogens (tertiary/aromatic N) is 1. The molecular formula is C18H28NO3. The van der Waals surface area contributed by atoms with Crippen molar-refractivity contribution in [2.24, 2.45) is 0 Å². The fourth-order valence-electron chi connectivity index (χ4n) is 2.08. The Balaban J connectivity index is 3.86. The van der Waals surface area contributed by atoms with Crippen molar-refractivity contribution >= 4 is 6.29 Å². The molecular weight excluding hydrogens is 278 g/mol. The smallest absolute Gasteiger partial charge is 0.291 e. The molecule has 0 amide bonds. The van der Waals surface area contributed by atoms with Gasteiger partial charge in [0.2, 0.25) is 0 Å². The number of unbranched alkanes of at least 4 members (excludes halogenated alkanes) is 10. The molecule has 0 saturated heterocycles. The second-order valence-electron chi connectivity index (χ2n) is 5.41. The van der Waals surface area contributed by atoms with Gasteiger partial charge < -0.3 is 0 Å². The van der Waals surface area contributed by atoms with Gasteiger partial charge >= 0.3 is 5.70 Å². The first kappa shape index (κ1) is 20.4. The summed E-state index contributed by atoms with van der Waals surface area (Å²) >= 11 is 0. The molecule has 0 saturated carbocycles. The van der Waals surface area contributed by atoms with Crippen molar-refractivity contribution in [1.82, 2.24) is 0 Å². The monoisotopic (exact) mass is 306 g/mol. The van der Waals surface area contributed by atoms with Gasteiger partial charge in [0.05, 0.1) is 4.92 Å². The minimum Gasteiger partial charge on any atom is -0.291 e. The maximum atomic E-state index is 10.9. The third-order valence-electron chi connectivity index (χ3n) is 3.39. The summed E-state index contributed by atoms with van der Waals surface area (Å²) in [7, 11) is 0. The lowest BCUT2D eigenvalue weighted by Gasteiger charge is -1.96. The van der Waals surface area contributed by atoms with Crippen LogP contribution in [0, 0.1) is 22.0 Å². The fourth-order valence-corrected chi connectivity index (χ4v) is 2.08. The van der Waals surface area contributed by atoms with Crippen LogP contribution in [-0.4, -0.2) is 11.2 Å². The summed E-state index contributed by atoms with van der Waals surface area (Å²) in [5, 5.41) is 10.9. The molecule has 0 heterocycles. The highest BCUT2D eigenvalue weighted by molar-refractivity contribution is 5.50. The number of hydrogen-bond acceptors (Lipinski definition) is 3. The van der Waals surface area contributed by atoms with Gasteiger partial charge in [-0.1, -0.05) is 51.4 Å². The van der Waals surface area contributed by atoms with E-state index in [-0.39, 0.29) is 10.6 Å². The molecule has 4 heteroatoms. The van der Waals surface area contributed by atoms with Gasteiger partial charge in [-0.2, -0.15) is 0 Å². The summed E-state index contributed by atoms with van der Waals surface area (Å²) in [5.41, 5.74) is 0.0398. The van der Waals surface area contributed by atoms with Crippen LogP contribution in [0.1, 0.15) is 84.0 Å². The first-order valence-electron chi connectivity index (χ1n) is 8.40. The molecule has 0 spiro atoms. The van der Waals surface area contributed by atoms with Crippen LogP contribution in [-0.2, 0) is 4.79 Å². The molecule has 4 nitrogen and oxygen atoms in total. The lowest BCUT2D eigenvalue weighted by Crippen LogP contribution is -1.96. The molecule has 22 heavy (non-hydrogen) atoms. The highest BCUT2D eigenvalue weighted by atomic mass is 16.6. The zero-order valence-corrected chi connectivity index (χ0v) is 13.7. The van der Waals surface area contributed by atoms with Gasteiger partial charge in [-0.15, -0.1) is 0 Å². The molecule has 0 aromatic rings. The predicted octanol–water partition coefficient (Wildman–Crippen LogP) is 4.96. The van der Waals surface area contributed by atoms with Crippen molar-refractivity contribution in [3.8, 4) is 11.8 Å². The highest BCUT2D eigenvalue weighted by Gasteiger charge is 2.04. The topological polar surface area (TPSA) is 60.2 Å². The number of rotatable bonds is 13. The molecule has 0 atom stereocenters. The van der Waals surface area contributed by atoms with E-state index < -0.39 is 0 Å². The van der Waals surface area contributed by atoms with Gasteiger partial charge in [-0.3, -0.25) is 14.9 Å². The summed E-state index contributed by atoms with van der Waals surface area (Å²) in [4.78, 5) is 20.5. The van der Waals surface area contributed by atoms with Crippen molar-refractivity contribution in [2.75, 3.05) is 0 Å². The minimum atomic E-state index is -0.386. The first-order valence-corrected chi connectivity index (χ1v) is 8.40. The number of hydrogen-bond donors (Lipinski definition) is 0. The summed E-state index contributed by atoms with van der Waals surface area (Å²) in [6.45, 7) is 2.14. The second-order valence-corrected chi connectivity index (χ2v) is 5.41. The second kappa shape index (κ2) is 15.8. The Kier molecular flexibility index (Phi) is 14.6. The predicted molar refractivity (Wildman–Crippen MR) is 89.6 cm³/mol. The molecule has 0 N–H and O–H groups in total. The van der Waals surface area contributed by atoms with Gasteiger partial charge in [-0.05, 0) is 25.7 Å². The summed E-state index contributed by atoms with van der Waals surface area (Å²) in [6, 6.07) is 0. The number of carbonyl (C=O) groups excluding carboxylic acids is 1. The third-order valence-corrected chi connectivity index (χ3v) is 3.39. The van der Waals surface area contributed by atoms with Gasteiger partial charge in [-0.25, -0.2) is 0 Å². The Morgan fingerprint density at radius 1 is 1.00 bits per heavy atom. The molecule has 0 aliphatic carbocycles. The van der Waals surface area contributed by atoms with Crippen LogP contribution >= 0.6 is 0 Å². The average Bonchev–Trinajstić information content (AvgIpc) is 2.50. The lowest BCUT2D eigenvalue weighted by molar-refractivity contribution is -0.417. The molecule has 0 fully saturated rings. The van der Waals surface area contributed by atoms with Crippen LogP contribution in [0.15, 0.2) is 11.8 Å². The zero-order valence-electron chi connectivity index (χ0n) is 13.7. The van der Waals surface area contributed by atoms with E-state index in [4.69, 9.17) is 0 Å². The van der Waals surface area contributed by atoms with E-state index in [0.29, 0.717) is 12.8 Å². The molecule has 0 aromatic carbocycles. The van der Waals surface area contributed by atoms with Gasteiger partial charge in [0.25, 0.3) is 0 Å². The van der Waals surface area contributed by atoms with E-state index in [9.17, 15) is 14.9 Å². The van der Waals surface area contributed by atoms with Crippen molar-refractivity contribution in [1.29, 1.82) is 0 Å². The van der Waals surface area contributed by atoms with Crippen molar-refractivity contribution in [3.63, 3.8) is 0 Å². The van der Waals surface area contributed by atoms with Crippen LogP contribution in [0.5, 0.6) is 0 Å². The van der Waals surface area contributed by atoms with Crippen LogP contribution in [0.3, 0.4) is 0 Å². The standard InChI is InChI=1S/C18H28NO3/c1-2-3-4-9-12-15-18(19(21)22)16-13-10-7-5-6-8-11-14-17-20/h15H,2-12,14H2,1H3. The van der Waals surface area contributed by atoms with E-state index in [1.807, 2.05) is 6.29 Å². The largest absolute Gasteiger partial charge is 0.315 e. The minimum absolute atomic E-state index is 0.0398. The van der Waals surface area contributed by atoms with Crippen LogP contribution in [0.4, 0.5) is 0 Å². The normalized spacial score (nSPS) is 10.9. The summed E-state index contributed by atoms with van der Waals surface area (Å²) < 4.78 is 0. The van der Waals surface area contributed by atoms with Crippen molar-refractivity contribution in [2.45, 2.75) is 84.0 Å². The van der Waals surface area contributed by atoms with Gasteiger partial charge in [0.15, 0.2) is 6.29 Å². The van der Waals surface area contributed by atoms with E-state index in [1.165, 1.54) is 12.8 Å². The first-order chi connectivity index (χ1) is 10.7. The Morgan fingerprint density at radius 2 is 1.64 bits per heavy atom. The average molecular weight is 306 g/mol. The number of nitro groups is 1. The Bertz CT molecular complexity index is 391. The Hall–Kier alpha value is -1.63. The van der Waals surface area contributed by atoms with E-state index in [2.05, 4.69) is 18.8 Å². The van der Waals surface area contributed by atoms with Crippen LogP contribution < -0.4 is 0 Å². The number of allylic oxidation sites excluding steroid dienone is 2. The molecule has 0 bridgehead atoms. The highest BCUT2D eigenvalue weighted by Crippen LogP contribution is 2.07.